The Morgan fingerprint density at radius 1 is 0.806 bits per heavy atom. The molecule has 0 unspecified atom stereocenters. The average Bonchev–Trinajstić information content (AvgIpc) is 2.75. The van der Waals surface area contributed by atoms with Gasteiger partial charge in [0, 0.05) is 13.1 Å². The molecule has 0 spiro atoms. The van der Waals surface area contributed by atoms with Crippen molar-refractivity contribution in [3.63, 3.8) is 0 Å². The Hall–Kier alpha value is -3.12. The maximum Gasteiger partial charge on any atom is 0.246 e. The molecule has 5 nitrogen and oxygen atoms in total. The summed E-state index contributed by atoms with van der Waals surface area (Å²) < 4.78 is 26.5. The molecule has 0 aliphatic carbocycles. The van der Waals surface area contributed by atoms with E-state index in [0.717, 1.165) is 22.9 Å². The fourth-order valence-corrected chi connectivity index (χ4v) is 4.75. The molecular weight excluding hydrogens is 408 g/mol. The van der Waals surface area contributed by atoms with Crippen molar-refractivity contribution in [1.82, 2.24) is 4.90 Å². The van der Waals surface area contributed by atoms with Crippen molar-refractivity contribution in [2.45, 2.75) is 33.0 Å². The van der Waals surface area contributed by atoms with Crippen LogP contribution in [0, 0.1) is 6.92 Å². The molecule has 6 heteroatoms. The second-order valence-electron chi connectivity index (χ2n) is 7.74. The first-order chi connectivity index (χ1) is 14.8. The van der Waals surface area contributed by atoms with Crippen LogP contribution < -0.4 is 4.31 Å². The summed E-state index contributed by atoms with van der Waals surface area (Å²) in [5, 5.41) is 0. The maximum atomic E-state index is 13.6. The molecule has 0 aliphatic heterocycles. The van der Waals surface area contributed by atoms with Gasteiger partial charge in [0.05, 0.1) is 11.9 Å². The van der Waals surface area contributed by atoms with Gasteiger partial charge < -0.3 is 4.90 Å². The lowest BCUT2D eigenvalue weighted by Gasteiger charge is -2.33. The second kappa shape index (κ2) is 9.79. The molecule has 0 radical (unpaired) electrons. The van der Waals surface area contributed by atoms with Gasteiger partial charge in [-0.2, -0.15) is 0 Å². The molecule has 3 aromatic rings. The van der Waals surface area contributed by atoms with Crippen molar-refractivity contribution in [2.75, 3.05) is 10.6 Å². The number of amides is 1. The van der Waals surface area contributed by atoms with E-state index in [2.05, 4.69) is 0 Å². The third kappa shape index (κ3) is 5.95. The van der Waals surface area contributed by atoms with E-state index >= 15 is 0 Å². The highest BCUT2D eigenvalue weighted by Crippen LogP contribution is 2.23. The van der Waals surface area contributed by atoms with Crippen LogP contribution >= 0.6 is 0 Å². The van der Waals surface area contributed by atoms with E-state index in [1.165, 1.54) is 4.31 Å². The lowest BCUT2D eigenvalue weighted by molar-refractivity contribution is -0.133. The van der Waals surface area contributed by atoms with E-state index < -0.39 is 16.1 Å². The van der Waals surface area contributed by atoms with Crippen molar-refractivity contribution in [1.29, 1.82) is 0 Å². The van der Waals surface area contributed by atoms with Gasteiger partial charge in [-0.05, 0) is 37.1 Å². The molecule has 0 N–H and O–H groups in total. The largest absolute Gasteiger partial charge is 0.332 e. The fourth-order valence-electron chi connectivity index (χ4n) is 3.58. The summed E-state index contributed by atoms with van der Waals surface area (Å²) in [6.45, 7) is 4.37. The molecule has 0 heterocycles. The molecule has 0 fully saturated rings. The number of benzene rings is 3. The number of rotatable bonds is 8. The van der Waals surface area contributed by atoms with Crippen LogP contribution in [0.5, 0.6) is 0 Å². The SMILES string of the molecule is Cc1ccc(N([C@H](C)C(=O)N(Cc2ccccc2)Cc2ccccc2)S(C)(=O)=O)cc1. The van der Waals surface area contributed by atoms with Crippen LogP contribution in [0.25, 0.3) is 0 Å². The molecule has 0 aliphatic rings. The molecule has 0 bridgehead atoms. The van der Waals surface area contributed by atoms with E-state index in [0.29, 0.717) is 18.8 Å². The number of aryl methyl sites for hydroxylation is 1. The first-order valence-corrected chi connectivity index (χ1v) is 12.0. The van der Waals surface area contributed by atoms with Crippen LogP contribution in [0.15, 0.2) is 84.9 Å². The summed E-state index contributed by atoms with van der Waals surface area (Å²) in [6, 6.07) is 25.7. The zero-order chi connectivity index (χ0) is 22.4. The predicted octanol–water partition coefficient (Wildman–Crippen LogP) is 4.38. The molecule has 0 saturated heterocycles. The van der Waals surface area contributed by atoms with E-state index in [9.17, 15) is 13.2 Å². The minimum Gasteiger partial charge on any atom is -0.332 e. The number of anilines is 1. The molecule has 3 rings (SSSR count). The molecule has 0 saturated carbocycles. The van der Waals surface area contributed by atoms with Gasteiger partial charge in [-0.1, -0.05) is 78.4 Å². The smallest absolute Gasteiger partial charge is 0.246 e. The Kier molecular flexibility index (Phi) is 7.13. The molecule has 0 aromatic heterocycles. The van der Waals surface area contributed by atoms with E-state index in [1.807, 2.05) is 79.7 Å². The number of sulfonamides is 1. The number of hydrogen-bond acceptors (Lipinski definition) is 3. The van der Waals surface area contributed by atoms with Gasteiger partial charge in [0.1, 0.15) is 6.04 Å². The zero-order valence-electron chi connectivity index (χ0n) is 18.1. The minimum absolute atomic E-state index is 0.251. The quantitative estimate of drug-likeness (QED) is 0.527. The average molecular weight is 437 g/mol. The second-order valence-corrected chi connectivity index (χ2v) is 9.60. The van der Waals surface area contributed by atoms with Crippen LogP contribution in [0.3, 0.4) is 0 Å². The van der Waals surface area contributed by atoms with Crippen molar-refractivity contribution in [3.8, 4) is 0 Å². The summed E-state index contributed by atoms with van der Waals surface area (Å²) in [5.74, 6) is -0.251. The third-order valence-electron chi connectivity index (χ3n) is 5.10. The molecular formula is C25H28N2O3S. The lowest BCUT2D eigenvalue weighted by Crippen LogP contribution is -2.49. The summed E-state index contributed by atoms with van der Waals surface area (Å²) in [7, 11) is -3.67. The number of carbonyl (C=O) groups excluding carboxylic acids is 1. The predicted molar refractivity (Wildman–Crippen MR) is 125 cm³/mol. The molecule has 162 valence electrons. The van der Waals surface area contributed by atoms with Crippen molar-refractivity contribution >= 4 is 21.6 Å². The fraction of sp³-hybridized carbons (Fsp3) is 0.240. The molecule has 1 amide bonds. The first-order valence-electron chi connectivity index (χ1n) is 10.2. The molecule has 3 aromatic carbocycles. The standard InChI is InChI=1S/C25H28N2O3S/c1-20-14-16-24(17-15-20)27(31(3,29)30)21(2)25(28)26(18-22-10-6-4-7-11-22)19-23-12-8-5-9-13-23/h4-17,21H,18-19H2,1-3H3/t21-/m1/s1. The van der Waals surface area contributed by atoms with Gasteiger partial charge in [-0.25, -0.2) is 8.42 Å². The van der Waals surface area contributed by atoms with E-state index in [1.54, 1.807) is 24.0 Å². The van der Waals surface area contributed by atoms with Crippen LogP contribution in [-0.4, -0.2) is 31.5 Å². The van der Waals surface area contributed by atoms with Gasteiger partial charge in [-0.3, -0.25) is 9.10 Å². The monoisotopic (exact) mass is 436 g/mol. The normalized spacial score (nSPS) is 12.2. The highest BCUT2D eigenvalue weighted by molar-refractivity contribution is 7.92. The molecule has 1 atom stereocenters. The highest BCUT2D eigenvalue weighted by atomic mass is 32.2. The lowest BCUT2D eigenvalue weighted by atomic mass is 10.1. The van der Waals surface area contributed by atoms with E-state index in [4.69, 9.17) is 0 Å². The van der Waals surface area contributed by atoms with Gasteiger partial charge >= 0.3 is 0 Å². The number of carbonyl (C=O) groups is 1. The zero-order valence-corrected chi connectivity index (χ0v) is 18.9. The summed E-state index contributed by atoms with van der Waals surface area (Å²) in [6.07, 6.45) is 1.13. The summed E-state index contributed by atoms with van der Waals surface area (Å²) >= 11 is 0. The van der Waals surface area contributed by atoms with Gasteiger partial charge in [0.2, 0.25) is 15.9 Å². The Balaban J connectivity index is 1.94. The number of hydrogen-bond donors (Lipinski definition) is 0. The summed E-state index contributed by atoms with van der Waals surface area (Å²) in [5.41, 5.74) is 3.47. The number of nitrogens with zero attached hydrogens (tertiary/aromatic N) is 2. The Labute approximate surface area is 185 Å². The third-order valence-corrected chi connectivity index (χ3v) is 6.34. The van der Waals surface area contributed by atoms with E-state index in [-0.39, 0.29) is 5.91 Å². The van der Waals surface area contributed by atoms with Gasteiger partial charge in [0.25, 0.3) is 0 Å². The molecule has 31 heavy (non-hydrogen) atoms. The van der Waals surface area contributed by atoms with Crippen molar-refractivity contribution in [3.05, 3.63) is 102 Å². The Bertz CT molecular complexity index is 1060. The first kappa shape index (κ1) is 22.6. The minimum atomic E-state index is -3.67. The van der Waals surface area contributed by atoms with Crippen LogP contribution in [0.2, 0.25) is 0 Å². The topological polar surface area (TPSA) is 57.7 Å². The van der Waals surface area contributed by atoms with Crippen LogP contribution in [-0.2, 0) is 27.9 Å². The summed E-state index contributed by atoms with van der Waals surface area (Å²) in [4.78, 5) is 15.3. The Morgan fingerprint density at radius 2 is 1.26 bits per heavy atom. The van der Waals surface area contributed by atoms with Crippen molar-refractivity contribution < 1.29 is 13.2 Å². The van der Waals surface area contributed by atoms with Gasteiger partial charge in [0.15, 0.2) is 0 Å². The Morgan fingerprint density at radius 3 is 1.68 bits per heavy atom. The maximum absolute atomic E-state index is 13.6. The van der Waals surface area contributed by atoms with Gasteiger partial charge in [-0.15, -0.1) is 0 Å². The van der Waals surface area contributed by atoms with Crippen LogP contribution in [0.1, 0.15) is 23.6 Å². The van der Waals surface area contributed by atoms with Crippen molar-refractivity contribution in [2.24, 2.45) is 0 Å². The highest BCUT2D eigenvalue weighted by Gasteiger charge is 2.32. The van der Waals surface area contributed by atoms with Crippen LogP contribution in [0.4, 0.5) is 5.69 Å².